The number of aryl methyl sites for hydroxylation is 1. The summed E-state index contributed by atoms with van der Waals surface area (Å²) < 4.78 is 6.84. The number of hydrogen-bond donors (Lipinski definition) is 1. The van der Waals surface area contributed by atoms with E-state index in [0.29, 0.717) is 23.1 Å². The molecule has 0 fully saturated rings. The van der Waals surface area contributed by atoms with Crippen LogP contribution in [0.5, 0.6) is 0 Å². The zero-order valence-electron chi connectivity index (χ0n) is 11.8. The highest BCUT2D eigenvalue weighted by atomic mass is 32.2. The van der Waals surface area contributed by atoms with Crippen LogP contribution in [0.4, 0.5) is 5.82 Å². The van der Waals surface area contributed by atoms with Crippen LogP contribution in [0.2, 0.25) is 0 Å². The van der Waals surface area contributed by atoms with Crippen molar-refractivity contribution in [3.63, 3.8) is 0 Å². The normalized spacial score (nSPS) is 11.0. The molecule has 0 unspecified atom stereocenters. The highest BCUT2D eigenvalue weighted by Gasteiger charge is 2.15. The summed E-state index contributed by atoms with van der Waals surface area (Å²) in [5.74, 6) is 2.47. The van der Waals surface area contributed by atoms with Crippen molar-refractivity contribution in [2.75, 3.05) is 11.5 Å². The van der Waals surface area contributed by atoms with Gasteiger partial charge in [0.05, 0.1) is 6.20 Å². The molecule has 2 aromatic heterocycles. The van der Waals surface area contributed by atoms with Crippen LogP contribution in [0.25, 0.3) is 22.8 Å². The molecule has 21 heavy (non-hydrogen) atoms. The highest BCUT2D eigenvalue weighted by molar-refractivity contribution is 7.99. The molecule has 2 heterocycles. The predicted octanol–water partition coefficient (Wildman–Crippen LogP) is 2.83. The van der Waals surface area contributed by atoms with E-state index in [1.807, 2.05) is 12.1 Å². The van der Waals surface area contributed by atoms with Crippen molar-refractivity contribution < 1.29 is 4.52 Å². The predicted molar refractivity (Wildman–Crippen MR) is 82.7 cm³/mol. The van der Waals surface area contributed by atoms with E-state index in [-0.39, 0.29) is 0 Å². The Morgan fingerprint density at radius 3 is 2.67 bits per heavy atom. The molecule has 6 nitrogen and oxygen atoms in total. The van der Waals surface area contributed by atoms with Gasteiger partial charge in [-0.1, -0.05) is 12.1 Å². The van der Waals surface area contributed by atoms with Gasteiger partial charge in [-0.15, -0.1) is 11.8 Å². The molecule has 0 amide bonds. The van der Waals surface area contributed by atoms with Gasteiger partial charge < -0.3 is 10.3 Å². The Labute approximate surface area is 126 Å². The van der Waals surface area contributed by atoms with Crippen molar-refractivity contribution in [2.24, 2.45) is 7.05 Å². The Kier molecular flexibility index (Phi) is 3.66. The maximum atomic E-state index is 5.91. The third-order valence-electron chi connectivity index (χ3n) is 3.06. The Morgan fingerprint density at radius 1 is 1.29 bits per heavy atom. The zero-order valence-corrected chi connectivity index (χ0v) is 12.6. The molecule has 3 aromatic rings. The van der Waals surface area contributed by atoms with E-state index in [0.717, 1.165) is 11.3 Å². The molecular formula is C14H15N5OS. The third-order valence-corrected chi connectivity index (χ3v) is 3.96. The second-order valence-electron chi connectivity index (χ2n) is 4.45. The van der Waals surface area contributed by atoms with E-state index in [4.69, 9.17) is 10.3 Å². The Bertz CT molecular complexity index is 747. The van der Waals surface area contributed by atoms with Crippen LogP contribution < -0.4 is 5.73 Å². The molecule has 1 aromatic carbocycles. The largest absolute Gasteiger partial charge is 0.383 e. The first-order valence-electron chi connectivity index (χ1n) is 6.54. The number of nitrogen functional groups attached to an aromatic ring is 1. The fraction of sp³-hybridized carbons (Fsp3) is 0.214. The summed E-state index contributed by atoms with van der Waals surface area (Å²) in [6.07, 6.45) is 1.62. The molecule has 7 heteroatoms. The number of aromatic nitrogens is 4. The van der Waals surface area contributed by atoms with E-state index < -0.39 is 0 Å². The Morgan fingerprint density at radius 2 is 2.05 bits per heavy atom. The van der Waals surface area contributed by atoms with Crippen molar-refractivity contribution in [3.8, 4) is 22.8 Å². The quantitative estimate of drug-likeness (QED) is 0.746. The molecule has 0 aliphatic heterocycles. The Hall–Kier alpha value is -2.28. The maximum Gasteiger partial charge on any atom is 0.263 e. The number of nitrogens with two attached hydrogens (primary N) is 1. The second kappa shape index (κ2) is 5.61. The minimum atomic E-state index is 0.377. The average Bonchev–Trinajstić information content (AvgIpc) is 3.09. The molecule has 0 aliphatic rings. The summed E-state index contributed by atoms with van der Waals surface area (Å²) >= 11 is 1.79. The van der Waals surface area contributed by atoms with Gasteiger partial charge in [-0.25, -0.2) is 0 Å². The van der Waals surface area contributed by atoms with Crippen LogP contribution in [0, 0.1) is 0 Å². The lowest BCUT2D eigenvalue weighted by Crippen LogP contribution is -1.98. The van der Waals surface area contributed by atoms with Crippen LogP contribution in [0.3, 0.4) is 0 Å². The van der Waals surface area contributed by atoms with Gasteiger partial charge >= 0.3 is 0 Å². The summed E-state index contributed by atoms with van der Waals surface area (Å²) in [7, 11) is 1.76. The van der Waals surface area contributed by atoms with Gasteiger partial charge in [0.25, 0.3) is 5.89 Å². The first-order chi connectivity index (χ1) is 10.2. The lowest BCUT2D eigenvalue weighted by molar-refractivity contribution is 0.432. The van der Waals surface area contributed by atoms with Gasteiger partial charge in [0.1, 0.15) is 11.4 Å². The van der Waals surface area contributed by atoms with E-state index in [1.165, 1.54) is 4.90 Å². The molecule has 0 saturated heterocycles. The first kappa shape index (κ1) is 13.7. The van der Waals surface area contributed by atoms with E-state index in [2.05, 4.69) is 34.3 Å². The van der Waals surface area contributed by atoms with Gasteiger partial charge in [-0.05, 0) is 30.0 Å². The molecule has 2 N–H and O–H groups in total. The fourth-order valence-corrected chi connectivity index (χ4v) is 2.59. The van der Waals surface area contributed by atoms with Gasteiger partial charge in [0.15, 0.2) is 0 Å². The number of benzene rings is 1. The number of anilines is 1. The van der Waals surface area contributed by atoms with Crippen molar-refractivity contribution in [1.29, 1.82) is 0 Å². The SMILES string of the molecule is CCSc1ccc(-c2noc(-c3cnn(C)c3N)n2)cc1. The van der Waals surface area contributed by atoms with Gasteiger partial charge in [0.2, 0.25) is 5.82 Å². The number of nitrogens with zero attached hydrogens (tertiary/aromatic N) is 4. The van der Waals surface area contributed by atoms with Gasteiger partial charge in [0, 0.05) is 17.5 Å². The van der Waals surface area contributed by atoms with Crippen LogP contribution in [0.15, 0.2) is 39.9 Å². The third kappa shape index (κ3) is 2.64. The summed E-state index contributed by atoms with van der Waals surface area (Å²) in [6.45, 7) is 2.13. The number of hydrogen-bond acceptors (Lipinski definition) is 6. The molecule has 108 valence electrons. The number of thioether (sulfide) groups is 1. The highest BCUT2D eigenvalue weighted by Crippen LogP contribution is 2.27. The van der Waals surface area contributed by atoms with E-state index in [1.54, 1.807) is 29.7 Å². The molecule has 0 spiro atoms. The van der Waals surface area contributed by atoms with Crippen LogP contribution in [0.1, 0.15) is 6.92 Å². The van der Waals surface area contributed by atoms with Gasteiger partial charge in [-0.3, -0.25) is 4.68 Å². The monoisotopic (exact) mass is 301 g/mol. The Balaban J connectivity index is 1.89. The van der Waals surface area contributed by atoms with E-state index in [9.17, 15) is 0 Å². The lowest BCUT2D eigenvalue weighted by Gasteiger charge is -1.98. The maximum absolute atomic E-state index is 5.91. The smallest absolute Gasteiger partial charge is 0.263 e. The second-order valence-corrected chi connectivity index (χ2v) is 5.79. The van der Waals surface area contributed by atoms with Crippen molar-refractivity contribution in [3.05, 3.63) is 30.5 Å². The van der Waals surface area contributed by atoms with Crippen molar-refractivity contribution in [1.82, 2.24) is 19.9 Å². The van der Waals surface area contributed by atoms with Crippen molar-refractivity contribution in [2.45, 2.75) is 11.8 Å². The molecule has 0 radical (unpaired) electrons. The van der Waals surface area contributed by atoms with Crippen LogP contribution in [-0.2, 0) is 7.05 Å². The van der Waals surface area contributed by atoms with Crippen LogP contribution >= 0.6 is 11.8 Å². The standard InChI is InChI=1S/C14H15N5OS/c1-3-21-10-6-4-9(5-7-10)13-17-14(20-18-13)11-8-16-19(2)12(11)15/h4-8H,3,15H2,1-2H3. The molecule has 0 saturated carbocycles. The van der Waals surface area contributed by atoms with E-state index >= 15 is 0 Å². The summed E-state index contributed by atoms with van der Waals surface area (Å²) in [4.78, 5) is 5.61. The van der Waals surface area contributed by atoms with Crippen molar-refractivity contribution >= 4 is 17.6 Å². The summed E-state index contributed by atoms with van der Waals surface area (Å²) in [5.41, 5.74) is 7.46. The fourth-order valence-electron chi connectivity index (χ4n) is 1.93. The summed E-state index contributed by atoms with van der Waals surface area (Å²) in [5, 5.41) is 8.07. The summed E-state index contributed by atoms with van der Waals surface area (Å²) in [6, 6.07) is 8.08. The van der Waals surface area contributed by atoms with Gasteiger partial charge in [-0.2, -0.15) is 10.1 Å². The van der Waals surface area contributed by atoms with Crippen LogP contribution in [-0.4, -0.2) is 25.7 Å². The minimum absolute atomic E-state index is 0.377. The minimum Gasteiger partial charge on any atom is -0.383 e. The average molecular weight is 301 g/mol. The molecule has 0 aliphatic carbocycles. The topological polar surface area (TPSA) is 82.8 Å². The molecular weight excluding hydrogens is 286 g/mol. The number of rotatable bonds is 4. The molecule has 0 atom stereocenters. The molecule has 0 bridgehead atoms. The molecule has 3 rings (SSSR count). The zero-order chi connectivity index (χ0) is 14.8. The first-order valence-corrected chi connectivity index (χ1v) is 7.52. The lowest BCUT2D eigenvalue weighted by atomic mass is 10.2.